The van der Waals surface area contributed by atoms with Gasteiger partial charge in [0, 0.05) is 11.8 Å². The van der Waals surface area contributed by atoms with Crippen LogP contribution in [0.5, 0.6) is 5.75 Å². The first-order chi connectivity index (χ1) is 9.70. The van der Waals surface area contributed by atoms with Crippen molar-refractivity contribution in [2.45, 2.75) is 0 Å². The molecule has 0 atom stereocenters. The minimum Gasteiger partial charge on any atom is -0.494 e. The van der Waals surface area contributed by atoms with Crippen LogP contribution < -0.4 is 16.0 Å². The topological polar surface area (TPSA) is 70.1 Å². The van der Waals surface area contributed by atoms with E-state index in [1.54, 1.807) is 30.3 Å². The van der Waals surface area contributed by atoms with Gasteiger partial charge in [-0.15, -0.1) is 0 Å². The third kappa shape index (κ3) is 1.89. The van der Waals surface area contributed by atoms with Crippen LogP contribution in [0, 0.1) is 0 Å². The van der Waals surface area contributed by atoms with E-state index in [4.69, 9.17) is 10.5 Å². The molecule has 0 radical (unpaired) electrons. The summed E-state index contributed by atoms with van der Waals surface area (Å²) in [6.07, 6.45) is 1.50. The highest BCUT2D eigenvalue weighted by atomic mass is 16.5. The molecule has 0 fully saturated rings. The quantitative estimate of drug-likeness (QED) is 0.721. The maximum Gasteiger partial charge on any atom is 0.265 e. The van der Waals surface area contributed by atoms with Crippen LogP contribution in [0.2, 0.25) is 0 Å². The van der Waals surface area contributed by atoms with Crippen molar-refractivity contribution in [3.63, 3.8) is 0 Å². The van der Waals surface area contributed by atoms with E-state index in [-0.39, 0.29) is 5.56 Å². The number of methoxy groups -OCH3 is 1. The maximum atomic E-state index is 12.5. The summed E-state index contributed by atoms with van der Waals surface area (Å²) in [5.74, 6) is 0.532. The summed E-state index contributed by atoms with van der Waals surface area (Å²) in [5, 5.41) is 0.564. The second kappa shape index (κ2) is 4.70. The molecule has 20 heavy (non-hydrogen) atoms. The summed E-state index contributed by atoms with van der Waals surface area (Å²) in [4.78, 5) is 16.8. The molecule has 1 heterocycles. The predicted molar refractivity (Wildman–Crippen MR) is 78.3 cm³/mol. The molecule has 0 saturated carbocycles. The van der Waals surface area contributed by atoms with Gasteiger partial charge in [-0.25, -0.2) is 4.98 Å². The summed E-state index contributed by atoms with van der Waals surface area (Å²) in [5.41, 5.74) is 7.45. The average molecular weight is 267 g/mol. The second-order valence-corrected chi connectivity index (χ2v) is 4.37. The minimum atomic E-state index is -0.140. The van der Waals surface area contributed by atoms with Crippen LogP contribution in [0.15, 0.2) is 53.6 Å². The third-order valence-electron chi connectivity index (χ3n) is 3.13. The Morgan fingerprint density at radius 1 is 1.20 bits per heavy atom. The zero-order valence-corrected chi connectivity index (χ0v) is 10.9. The van der Waals surface area contributed by atoms with Crippen LogP contribution in [0.1, 0.15) is 0 Å². The van der Waals surface area contributed by atoms with E-state index < -0.39 is 0 Å². The number of aromatic nitrogens is 2. The van der Waals surface area contributed by atoms with Crippen LogP contribution in [0.25, 0.3) is 16.6 Å². The fourth-order valence-electron chi connectivity index (χ4n) is 2.13. The standard InChI is InChI=1S/C15H13N3O2/c1-20-14-8-10(16)6-7-13(14)18-9-17-12-5-3-2-4-11(12)15(18)19/h2-9H,16H2,1H3. The van der Waals surface area contributed by atoms with Crippen LogP contribution in [0.4, 0.5) is 5.69 Å². The fourth-order valence-corrected chi connectivity index (χ4v) is 2.13. The van der Waals surface area contributed by atoms with E-state index in [1.807, 2.05) is 12.1 Å². The SMILES string of the molecule is COc1cc(N)ccc1-n1cnc2ccccc2c1=O. The van der Waals surface area contributed by atoms with Crippen molar-refractivity contribution in [2.75, 3.05) is 12.8 Å². The van der Waals surface area contributed by atoms with Gasteiger partial charge in [0.05, 0.1) is 23.7 Å². The predicted octanol–water partition coefficient (Wildman–Crippen LogP) is 1.98. The molecule has 0 saturated heterocycles. The van der Waals surface area contributed by atoms with Gasteiger partial charge in [-0.2, -0.15) is 0 Å². The summed E-state index contributed by atoms with van der Waals surface area (Å²) in [6, 6.07) is 12.4. The van der Waals surface area contributed by atoms with Crippen molar-refractivity contribution in [3.8, 4) is 11.4 Å². The molecule has 0 aliphatic carbocycles. The third-order valence-corrected chi connectivity index (χ3v) is 3.13. The van der Waals surface area contributed by atoms with Crippen LogP contribution in [0.3, 0.4) is 0 Å². The Morgan fingerprint density at radius 3 is 2.80 bits per heavy atom. The Labute approximate surface area is 115 Å². The van der Waals surface area contributed by atoms with E-state index in [9.17, 15) is 4.79 Å². The monoisotopic (exact) mass is 267 g/mol. The zero-order valence-electron chi connectivity index (χ0n) is 10.9. The van der Waals surface area contributed by atoms with Crippen molar-refractivity contribution in [3.05, 3.63) is 59.1 Å². The smallest absolute Gasteiger partial charge is 0.265 e. The van der Waals surface area contributed by atoms with Crippen molar-refractivity contribution < 1.29 is 4.74 Å². The van der Waals surface area contributed by atoms with Gasteiger partial charge in [-0.1, -0.05) is 12.1 Å². The van der Waals surface area contributed by atoms with Crippen molar-refractivity contribution >= 4 is 16.6 Å². The molecule has 2 aromatic carbocycles. The number of hydrogen-bond donors (Lipinski definition) is 1. The first kappa shape index (κ1) is 12.2. The molecule has 0 amide bonds. The van der Waals surface area contributed by atoms with Gasteiger partial charge in [-0.05, 0) is 24.3 Å². The number of nitrogen functional groups attached to an aromatic ring is 1. The highest BCUT2D eigenvalue weighted by Crippen LogP contribution is 2.24. The largest absolute Gasteiger partial charge is 0.494 e. The van der Waals surface area contributed by atoms with Crippen LogP contribution in [-0.2, 0) is 0 Å². The van der Waals surface area contributed by atoms with E-state index >= 15 is 0 Å². The van der Waals surface area contributed by atoms with Crippen molar-refractivity contribution in [1.29, 1.82) is 0 Å². The number of rotatable bonds is 2. The van der Waals surface area contributed by atoms with Gasteiger partial charge in [0.15, 0.2) is 0 Å². The Kier molecular flexibility index (Phi) is 2.87. The summed E-state index contributed by atoms with van der Waals surface area (Å²) >= 11 is 0. The minimum absolute atomic E-state index is 0.140. The highest BCUT2D eigenvalue weighted by Gasteiger charge is 2.10. The second-order valence-electron chi connectivity index (χ2n) is 4.37. The summed E-state index contributed by atoms with van der Waals surface area (Å²) in [6.45, 7) is 0. The first-order valence-electron chi connectivity index (χ1n) is 6.11. The normalized spacial score (nSPS) is 10.7. The highest BCUT2D eigenvalue weighted by molar-refractivity contribution is 5.77. The maximum absolute atomic E-state index is 12.5. The molecular formula is C15H13N3O2. The number of nitrogens with two attached hydrogens (primary N) is 1. The Balaban J connectivity index is 2.30. The van der Waals surface area contributed by atoms with Gasteiger partial charge in [0.25, 0.3) is 5.56 Å². The molecule has 3 rings (SSSR count). The number of benzene rings is 2. The number of fused-ring (bicyclic) bond motifs is 1. The Morgan fingerprint density at radius 2 is 2.00 bits per heavy atom. The molecule has 1 aromatic heterocycles. The molecule has 0 bridgehead atoms. The van der Waals surface area contributed by atoms with Gasteiger partial charge >= 0.3 is 0 Å². The lowest BCUT2D eigenvalue weighted by molar-refractivity contribution is 0.412. The lowest BCUT2D eigenvalue weighted by Crippen LogP contribution is -2.19. The van der Waals surface area contributed by atoms with Gasteiger partial charge in [-0.3, -0.25) is 9.36 Å². The lowest BCUT2D eigenvalue weighted by Gasteiger charge is -2.11. The van der Waals surface area contributed by atoms with Crippen LogP contribution in [-0.4, -0.2) is 16.7 Å². The summed E-state index contributed by atoms with van der Waals surface area (Å²) in [7, 11) is 1.54. The fraction of sp³-hybridized carbons (Fsp3) is 0.0667. The van der Waals surface area contributed by atoms with Crippen molar-refractivity contribution in [2.24, 2.45) is 0 Å². The zero-order chi connectivity index (χ0) is 14.1. The first-order valence-corrected chi connectivity index (χ1v) is 6.11. The molecule has 5 nitrogen and oxygen atoms in total. The van der Waals surface area contributed by atoms with Crippen LogP contribution >= 0.6 is 0 Å². The molecule has 0 aliphatic heterocycles. The molecule has 3 aromatic rings. The molecule has 2 N–H and O–H groups in total. The van der Waals surface area contributed by atoms with Gasteiger partial charge < -0.3 is 10.5 Å². The molecule has 5 heteroatoms. The molecular weight excluding hydrogens is 254 g/mol. The van der Waals surface area contributed by atoms with E-state index in [0.29, 0.717) is 28.0 Å². The Bertz CT molecular complexity index is 840. The molecule has 0 spiro atoms. The average Bonchev–Trinajstić information content (AvgIpc) is 2.48. The van der Waals surface area contributed by atoms with E-state index in [1.165, 1.54) is 18.0 Å². The lowest BCUT2D eigenvalue weighted by atomic mass is 10.2. The van der Waals surface area contributed by atoms with E-state index in [0.717, 1.165) is 0 Å². The molecule has 100 valence electrons. The number of para-hydroxylation sites is 1. The Hall–Kier alpha value is -2.82. The van der Waals surface area contributed by atoms with Gasteiger partial charge in [0.1, 0.15) is 12.1 Å². The summed E-state index contributed by atoms with van der Waals surface area (Å²) < 4.78 is 6.74. The van der Waals surface area contributed by atoms with Gasteiger partial charge in [0.2, 0.25) is 0 Å². The van der Waals surface area contributed by atoms with E-state index in [2.05, 4.69) is 4.98 Å². The number of nitrogens with zero attached hydrogens (tertiary/aromatic N) is 2. The number of ether oxygens (including phenoxy) is 1. The molecule has 0 unspecified atom stereocenters. The number of anilines is 1. The number of hydrogen-bond acceptors (Lipinski definition) is 4. The van der Waals surface area contributed by atoms with Crippen molar-refractivity contribution in [1.82, 2.24) is 9.55 Å². The molecule has 0 aliphatic rings.